The lowest BCUT2D eigenvalue weighted by molar-refractivity contribution is -0.115. The van der Waals surface area contributed by atoms with Gasteiger partial charge in [0.1, 0.15) is 0 Å². The minimum absolute atomic E-state index is 0.121. The molecule has 0 fully saturated rings. The van der Waals surface area contributed by atoms with Crippen LogP contribution in [0.3, 0.4) is 0 Å². The number of benzene rings is 2. The van der Waals surface area contributed by atoms with Crippen LogP contribution in [-0.2, 0) is 14.4 Å². The first-order valence-electron chi connectivity index (χ1n) is 7.60. The normalized spacial score (nSPS) is 10.0. The highest BCUT2D eigenvalue weighted by Gasteiger charge is 2.05. The Morgan fingerprint density at radius 1 is 0.720 bits per heavy atom. The zero-order valence-corrected chi connectivity index (χ0v) is 14.8. The SMILES string of the molecule is CC(=O)Nc1ccc(NC(=O)CSc2ccc(NC(C)=O)cc2)cc1. The number of hydrogen-bond acceptors (Lipinski definition) is 4. The first kappa shape index (κ1) is 18.5. The lowest BCUT2D eigenvalue weighted by Crippen LogP contribution is -2.14. The number of amides is 3. The van der Waals surface area contributed by atoms with Crippen molar-refractivity contribution in [2.24, 2.45) is 0 Å². The fraction of sp³-hybridized carbons (Fsp3) is 0.167. The fourth-order valence-electron chi connectivity index (χ4n) is 2.02. The van der Waals surface area contributed by atoms with Crippen molar-refractivity contribution in [1.82, 2.24) is 0 Å². The second kappa shape index (κ2) is 8.89. The third-order valence-corrected chi connectivity index (χ3v) is 4.05. The highest BCUT2D eigenvalue weighted by atomic mass is 32.2. The highest BCUT2D eigenvalue weighted by Crippen LogP contribution is 2.21. The van der Waals surface area contributed by atoms with Crippen LogP contribution in [0.15, 0.2) is 53.4 Å². The van der Waals surface area contributed by atoms with Gasteiger partial charge in [0.2, 0.25) is 17.7 Å². The Morgan fingerprint density at radius 2 is 1.12 bits per heavy atom. The minimum atomic E-state index is -0.141. The molecule has 0 bridgehead atoms. The van der Waals surface area contributed by atoms with E-state index in [0.29, 0.717) is 11.4 Å². The second-order valence-electron chi connectivity index (χ2n) is 5.30. The van der Waals surface area contributed by atoms with E-state index >= 15 is 0 Å². The summed E-state index contributed by atoms with van der Waals surface area (Å²) in [5.74, 6) is -0.113. The Morgan fingerprint density at radius 3 is 1.56 bits per heavy atom. The summed E-state index contributed by atoms with van der Waals surface area (Å²) in [5.41, 5.74) is 2.07. The summed E-state index contributed by atoms with van der Waals surface area (Å²) in [7, 11) is 0. The maximum Gasteiger partial charge on any atom is 0.234 e. The van der Waals surface area contributed by atoms with Gasteiger partial charge in [-0.3, -0.25) is 14.4 Å². The van der Waals surface area contributed by atoms with Crippen LogP contribution in [0.5, 0.6) is 0 Å². The van der Waals surface area contributed by atoms with Gasteiger partial charge in [-0.05, 0) is 48.5 Å². The van der Waals surface area contributed by atoms with Crippen molar-refractivity contribution in [3.05, 3.63) is 48.5 Å². The third kappa shape index (κ3) is 6.68. The Labute approximate surface area is 150 Å². The number of carbonyl (C=O) groups excluding carboxylic acids is 3. The topological polar surface area (TPSA) is 87.3 Å². The molecular formula is C18H19N3O3S. The van der Waals surface area contributed by atoms with Gasteiger partial charge in [-0.25, -0.2) is 0 Å². The molecule has 3 N–H and O–H groups in total. The molecule has 0 aromatic heterocycles. The summed E-state index contributed by atoms with van der Waals surface area (Å²) in [4.78, 5) is 34.9. The maximum absolute atomic E-state index is 12.0. The van der Waals surface area contributed by atoms with E-state index in [0.717, 1.165) is 10.6 Å². The molecule has 2 rings (SSSR count). The zero-order chi connectivity index (χ0) is 18.2. The van der Waals surface area contributed by atoms with Gasteiger partial charge in [0.05, 0.1) is 5.75 Å². The average Bonchev–Trinajstić information content (AvgIpc) is 2.55. The number of thioether (sulfide) groups is 1. The Balaban J connectivity index is 1.82. The van der Waals surface area contributed by atoms with Crippen molar-refractivity contribution >= 4 is 46.5 Å². The number of hydrogen-bond donors (Lipinski definition) is 3. The first-order chi connectivity index (χ1) is 11.9. The predicted molar refractivity (Wildman–Crippen MR) is 101 cm³/mol. The standard InChI is InChI=1S/C18H19N3O3S/c1-12(22)19-14-3-5-16(6-4-14)21-18(24)11-25-17-9-7-15(8-10-17)20-13(2)23/h3-10H,11H2,1-2H3,(H,19,22)(H,20,23)(H,21,24). The highest BCUT2D eigenvalue weighted by molar-refractivity contribution is 8.00. The van der Waals surface area contributed by atoms with Crippen LogP contribution in [0.4, 0.5) is 17.1 Å². The summed E-state index contributed by atoms with van der Waals surface area (Å²) in [6.07, 6.45) is 0. The summed E-state index contributed by atoms with van der Waals surface area (Å²) >= 11 is 1.41. The molecule has 6 nitrogen and oxygen atoms in total. The van der Waals surface area contributed by atoms with E-state index in [4.69, 9.17) is 0 Å². The molecule has 0 atom stereocenters. The van der Waals surface area contributed by atoms with Gasteiger partial charge in [-0.2, -0.15) is 0 Å². The summed E-state index contributed by atoms with van der Waals surface area (Å²) in [6, 6.07) is 14.2. The molecule has 0 aliphatic carbocycles. The molecule has 0 spiro atoms. The molecule has 3 amide bonds. The molecule has 0 aliphatic rings. The molecule has 0 unspecified atom stereocenters. The van der Waals surface area contributed by atoms with Gasteiger partial charge < -0.3 is 16.0 Å². The summed E-state index contributed by atoms with van der Waals surface area (Å²) < 4.78 is 0. The van der Waals surface area contributed by atoms with E-state index in [1.54, 1.807) is 36.4 Å². The van der Waals surface area contributed by atoms with Gasteiger partial charge in [0.25, 0.3) is 0 Å². The molecule has 0 saturated carbocycles. The largest absolute Gasteiger partial charge is 0.326 e. The molecule has 0 saturated heterocycles. The van der Waals surface area contributed by atoms with Crippen molar-refractivity contribution in [2.45, 2.75) is 18.7 Å². The summed E-state index contributed by atoms with van der Waals surface area (Å²) in [5, 5.41) is 8.16. The maximum atomic E-state index is 12.0. The van der Waals surface area contributed by atoms with Crippen LogP contribution in [0.25, 0.3) is 0 Å². The monoisotopic (exact) mass is 357 g/mol. The van der Waals surface area contributed by atoms with Crippen LogP contribution < -0.4 is 16.0 Å². The number of anilines is 3. The lowest BCUT2D eigenvalue weighted by Gasteiger charge is -2.07. The van der Waals surface area contributed by atoms with E-state index in [9.17, 15) is 14.4 Å². The molecule has 0 radical (unpaired) electrons. The van der Waals surface area contributed by atoms with Crippen molar-refractivity contribution in [2.75, 3.05) is 21.7 Å². The number of rotatable bonds is 6. The predicted octanol–water partition coefficient (Wildman–Crippen LogP) is 3.33. The van der Waals surface area contributed by atoms with Gasteiger partial charge in [0, 0.05) is 35.8 Å². The molecule has 0 heterocycles. The molecule has 2 aromatic rings. The van der Waals surface area contributed by atoms with Crippen LogP contribution in [-0.4, -0.2) is 23.5 Å². The smallest absolute Gasteiger partial charge is 0.234 e. The van der Waals surface area contributed by atoms with E-state index in [-0.39, 0.29) is 23.5 Å². The lowest BCUT2D eigenvalue weighted by atomic mass is 10.3. The number of nitrogens with one attached hydrogen (secondary N) is 3. The van der Waals surface area contributed by atoms with Gasteiger partial charge in [-0.15, -0.1) is 11.8 Å². The zero-order valence-electron chi connectivity index (χ0n) is 14.0. The Kier molecular flexibility index (Phi) is 6.59. The fourth-order valence-corrected chi connectivity index (χ4v) is 2.72. The van der Waals surface area contributed by atoms with Crippen molar-refractivity contribution in [3.63, 3.8) is 0 Å². The van der Waals surface area contributed by atoms with Gasteiger partial charge in [-0.1, -0.05) is 0 Å². The summed E-state index contributed by atoms with van der Waals surface area (Å²) in [6.45, 7) is 2.89. The van der Waals surface area contributed by atoms with Crippen molar-refractivity contribution in [3.8, 4) is 0 Å². The minimum Gasteiger partial charge on any atom is -0.326 e. The average molecular weight is 357 g/mol. The molecule has 0 aliphatic heterocycles. The molecule has 2 aromatic carbocycles. The Hall–Kier alpha value is -2.80. The van der Waals surface area contributed by atoms with Crippen LogP contribution >= 0.6 is 11.8 Å². The van der Waals surface area contributed by atoms with Gasteiger partial charge >= 0.3 is 0 Å². The van der Waals surface area contributed by atoms with Crippen molar-refractivity contribution < 1.29 is 14.4 Å². The molecular weight excluding hydrogens is 338 g/mol. The van der Waals surface area contributed by atoms with Crippen LogP contribution in [0.2, 0.25) is 0 Å². The molecule has 25 heavy (non-hydrogen) atoms. The van der Waals surface area contributed by atoms with E-state index in [2.05, 4.69) is 16.0 Å². The van der Waals surface area contributed by atoms with Crippen LogP contribution in [0.1, 0.15) is 13.8 Å². The van der Waals surface area contributed by atoms with E-state index in [1.807, 2.05) is 12.1 Å². The second-order valence-corrected chi connectivity index (χ2v) is 6.35. The molecule has 7 heteroatoms. The van der Waals surface area contributed by atoms with Crippen LogP contribution in [0, 0.1) is 0 Å². The van der Waals surface area contributed by atoms with Crippen molar-refractivity contribution in [1.29, 1.82) is 0 Å². The Bertz CT molecular complexity index is 758. The third-order valence-electron chi connectivity index (χ3n) is 3.03. The first-order valence-corrected chi connectivity index (χ1v) is 8.59. The quantitative estimate of drug-likeness (QED) is 0.692. The van der Waals surface area contributed by atoms with Gasteiger partial charge in [0.15, 0.2) is 0 Å². The van der Waals surface area contributed by atoms with E-state index in [1.165, 1.54) is 25.6 Å². The van der Waals surface area contributed by atoms with E-state index < -0.39 is 0 Å². The molecule has 130 valence electrons. The number of carbonyl (C=O) groups is 3.